The van der Waals surface area contributed by atoms with E-state index in [1.807, 2.05) is 6.07 Å². The SMILES string of the molecule is CN(CCS(C)(=O)=O)c1cnc(C#N)cn1. The van der Waals surface area contributed by atoms with Crippen LogP contribution in [0.5, 0.6) is 0 Å². The molecule has 0 radical (unpaired) electrons. The summed E-state index contributed by atoms with van der Waals surface area (Å²) < 4.78 is 21.9. The van der Waals surface area contributed by atoms with Crippen LogP contribution in [0, 0.1) is 11.3 Å². The molecule has 1 aromatic heterocycles. The van der Waals surface area contributed by atoms with E-state index in [1.54, 1.807) is 11.9 Å². The Morgan fingerprint density at radius 1 is 1.44 bits per heavy atom. The molecule has 0 saturated heterocycles. The zero-order valence-electron chi connectivity index (χ0n) is 9.08. The molecule has 0 fully saturated rings. The van der Waals surface area contributed by atoms with E-state index in [0.717, 1.165) is 0 Å². The van der Waals surface area contributed by atoms with Gasteiger partial charge in [0.2, 0.25) is 0 Å². The minimum Gasteiger partial charge on any atom is -0.357 e. The molecule has 1 aromatic rings. The zero-order chi connectivity index (χ0) is 12.2. The minimum absolute atomic E-state index is 0.0607. The second-order valence-corrected chi connectivity index (χ2v) is 5.68. The van der Waals surface area contributed by atoms with Gasteiger partial charge in [0.25, 0.3) is 0 Å². The summed E-state index contributed by atoms with van der Waals surface area (Å²) in [5.41, 5.74) is 0.236. The van der Waals surface area contributed by atoms with E-state index in [-0.39, 0.29) is 11.4 Å². The number of hydrogen-bond donors (Lipinski definition) is 0. The zero-order valence-corrected chi connectivity index (χ0v) is 9.90. The van der Waals surface area contributed by atoms with Crippen molar-refractivity contribution in [3.05, 3.63) is 18.1 Å². The van der Waals surface area contributed by atoms with E-state index in [4.69, 9.17) is 5.26 Å². The molecule has 1 rings (SSSR count). The molecule has 0 amide bonds. The van der Waals surface area contributed by atoms with Gasteiger partial charge in [0, 0.05) is 19.8 Å². The number of anilines is 1. The van der Waals surface area contributed by atoms with Crippen molar-refractivity contribution < 1.29 is 8.42 Å². The van der Waals surface area contributed by atoms with Crippen molar-refractivity contribution in [3.8, 4) is 6.07 Å². The van der Waals surface area contributed by atoms with Crippen molar-refractivity contribution in [2.45, 2.75) is 0 Å². The van der Waals surface area contributed by atoms with Crippen molar-refractivity contribution in [1.82, 2.24) is 9.97 Å². The van der Waals surface area contributed by atoms with Crippen LogP contribution in [-0.2, 0) is 9.84 Å². The highest BCUT2D eigenvalue weighted by molar-refractivity contribution is 7.90. The number of sulfone groups is 1. The Hall–Kier alpha value is -1.68. The average molecular weight is 240 g/mol. The highest BCUT2D eigenvalue weighted by Crippen LogP contribution is 2.06. The van der Waals surface area contributed by atoms with Gasteiger partial charge in [0.1, 0.15) is 21.7 Å². The summed E-state index contributed by atoms with van der Waals surface area (Å²) in [5.74, 6) is 0.605. The van der Waals surface area contributed by atoms with Gasteiger partial charge in [-0.25, -0.2) is 18.4 Å². The van der Waals surface area contributed by atoms with Gasteiger partial charge in [-0.1, -0.05) is 0 Å². The first-order valence-corrected chi connectivity index (χ1v) is 6.59. The maximum absolute atomic E-state index is 11.0. The maximum atomic E-state index is 11.0. The van der Waals surface area contributed by atoms with Crippen molar-refractivity contribution in [3.63, 3.8) is 0 Å². The van der Waals surface area contributed by atoms with Crippen LogP contribution in [0.4, 0.5) is 5.82 Å². The first-order chi connectivity index (χ1) is 7.42. The molecule has 6 nitrogen and oxygen atoms in total. The van der Waals surface area contributed by atoms with Crippen LogP contribution >= 0.6 is 0 Å². The van der Waals surface area contributed by atoms with E-state index in [9.17, 15) is 8.42 Å². The van der Waals surface area contributed by atoms with Crippen molar-refractivity contribution >= 4 is 15.7 Å². The topological polar surface area (TPSA) is 87.0 Å². The summed E-state index contributed by atoms with van der Waals surface area (Å²) in [6, 6.07) is 1.86. The van der Waals surface area contributed by atoms with Crippen molar-refractivity contribution in [1.29, 1.82) is 5.26 Å². The third-order valence-electron chi connectivity index (χ3n) is 1.94. The summed E-state index contributed by atoms with van der Waals surface area (Å²) in [7, 11) is -1.26. The summed E-state index contributed by atoms with van der Waals surface area (Å²) in [5, 5.41) is 8.53. The third kappa shape index (κ3) is 3.82. The fourth-order valence-corrected chi connectivity index (χ4v) is 1.60. The molecule has 0 unspecified atom stereocenters. The highest BCUT2D eigenvalue weighted by atomic mass is 32.2. The maximum Gasteiger partial charge on any atom is 0.158 e. The highest BCUT2D eigenvalue weighted by Gasteiger charge is 2.07. The molecule has 0 N–H and O–H groups in total. The van der Waals surface area contributed by atoms with E-state index >= 15 is 0 Å². The van der Waals surface area contributed by atoms with Crippen LogP contribution in [0.3, 0.4) is 0 Å². The van der Waals surface area contributed by atoms with Gasteiger partial charge in [-0.05, 0) is 0 Å². The fourth-order valence-electron chi connectivity index (χ4n) is 0.993. The summed E-state index contributed by atoms with van der Waals surface area (Å²) in [6.45, 7) is 0.347. The van der Waals surface area contributed by atoms with Crippen LogP contribution < -0.4 is 4.90 Å². The molecule has 0 aliphatic rings. The number of rotatable bonds is 4. The van der Waals surface area contributed by atoms with Crippen LogP contribution in [0.25, 0.3) is 0 Å². The fraction of sp³-hybridized carbons (Fsp3) is 0.444. The molecule has 0 saturated carbocycles. The normalized spacial score (nSPS) is 10.8. The predicted octanol–water partition coefficient (Wildman–Crippen LogP) is -0.171. The first kappa shape index (κ1) is 12.4. The van der Waals surface area contributed by atoms with Gasteiger partial charge in [0.05, 0.1) is 18.1 Å². The smallest absolute Gasteiger partial charge is 0.158 e. The predicted molar refractivity (Wildman–Crippen MR) is 59.7 cm³/mol. The molecule has 0 aromatic carbocycles. The van der Waals surface area contributed by atoms with Gasteiger partial charge < -0.3 is 4.90 Å². The molecule has 1 heterocycles. The molecule has 0 aliphatic heterocycles. The van der Waals surface area contributed by atoms with Gasteiger partial charge in [-0.15, -0.1) is 0 Å². The molecule has 0 aliphatic carbocycles. The van der Waals surface area contributed by atoms with Gasteiger partial charge in [-0.2, -0.15) is 5.26 Å². The average Bonchev–Trinajstić information content (AvgIpc) is 2.25. The lowest BCUT2D eigenvalue weighted by Gasteiger charge is -2.16. The van der Waals surface area contributed by atoms with Crippen LogP contribution in [-0.4, -0.2) is 44.0 Å². The van der Waals surface area contributed by atoms with Gasteiger partial charge in [0.15, 0.2) is 5.69 Å². The van der Waals surface area contributed by atoms with E-state index in [2.05, 4.69) is 9.97 Å². The molecule has 0 atom stereocenters. The third-order valence-corrected chi connectivity index (χ3v) is 2.87. The van der Waals surface area contributed by atoms with Gasteiger partial charge in [-0.3, -0.25) is 0 Å². The van der Waals surface area contributed by atoms with Gasteiger partial charge >= 0.3 is 0 Å². The number of hydrogen-bond acceptors (Lipinski definition) is 6. The lowest BCUT2D eigenvalue weighted by molar-refractivity contribution is 0.601. The molecule has 0 spiro atoms. The summed E-state index contributed by atoms with van der Waals surface area (Å²) in [6.07, 6.45) is 3.98. The molecule has 86 valence electrons. The van der Waals surface area contributed by atoms with E-state index in [1.165, 1.54) is 18.6 Å². The molecular formula is C9H12N4O2S. The Bertz CT molecular complexity index is 489. The Kier molecular flexibility index (Phi) is 3.79. The Morgan fingerprint density at radius 3 is 2.56 bits per heavy atom. The van der Waals surface area contributed by atoms with Crippen LogP contribution in [0.15, 0.2) is 12.4 Å². The molecular weight excluding hydrogens is 228 g/mol. The lowest BCUT2D eigenvalue weighted by atomic mass is 10.5. The first-order valence-electron chi connectivity index (χ1n) is 4.53. The minimum atomic E-state index is -2.98. The van der Waals surface area contributed by atoms with Crippen molar-refractivity contribution in [2.24, 2.45) is 0 Å². The number of nitriles is 1. The Labute approximate surface area is 94.5 Å². The van der Waals surface area contributed by atoms with Crippen LogP contribution in [0.2, 0.25) is 0 Å². The monoisotopic (exact) mass is 240 g/mol. The number of nitrogens with zero attached hydrogens (tertiary/aromatic N) is 4. The quantitative estimate of drug-likeness (QED) is 0.726. The summed E-state index contributed by atoms with van der Waals surface area (Å²) >= 11 is 0. The lowest BCUT2D eigenvalue weighted by Crippen LogP contribution is -2.25. The largest absolute Gasteiger partial charge is 0.357 e. The second-order valence-electron chi connectivity index (χ2n) is 3.42. The van der Waals surface area contributed by atoms with Crippen LogP contribution in [0.1, 0.15) is 5.69 Å². The molecule has 0 bridgehead atoms. The number of aromatic nitrogens is 2. The van der Waals surface area contributed by atoms with Crippen molar-refractivity contribution in [2.75, 3.05) is 30.5 Å². The second kappa shape index (κ2) is 4.90. The molecule has 7 heteroatoms. The standard InChI is InChI=1S/C9H12N4O2S/c1-13(3-4-16(2,14)15)9-7-11-8(5-10)6-12-9/h6-7H,3-4H2,1-2H3. The Balaban J connectivity index is 2.67. The summed E-state index contributed by atoms with van der Waals surface area (Å²) in [4.78, 5) is 9.52. The molecule has 16 heavy (non-hydrogen) atoms. The van der Waals surface area contributed by atoms with E-state index < -0.39 is 9.84 Å². The Morgan fingerprint density at radius 2 is 2.12 bits per heavy atom. The van der Waals surface area contributed by atoms with E-state index in [0.29, 0.717) is 12.4 Å².